The van der Waals surface area contributed by atoms with Crippen molar-refractivity contribution in [2.45, 2.75) is 20.4 Å². The van der Waals surface area contributed by atoms with Crippen molar-refractivity contribution in [3.05, 3.63) is 53.9 Å². The van der Waals surface area contributed by atoms with Crippen LogP contribution in [0.4, 0.5) is 5.69 Å². The normalized spacial score (nSPS) is 11.0. The molecule has 4 rings (SSSR count). The minimum absolute atomic E-state index is 0.0542. The Morgan fingerprint density at radius 3 is 2.85 bits per heavy atom. The minimum Gasteiger partial charge on any atom is -0.436 e. The standard InChI is InChI=1S/C18H16N6O2/c1-11-3-6-16-15(7-11)21-18(26-16)13-4-5-14(12(2)8-13)20-17(25)9-24-10-19-22-23-24/h3-8,10H,9H2,1-2H3,(H,20,25). The van der Waals surface area contributed by atoms with Gasteiger partial charge in [-0.25, -0.2) is 9.67 Å². The van der Waals surface area contributed by atoms with E-state index in [1.54, 1.807) is 0 Å². The fourth-order valence-corrected chi connectivity index (χ4v) is 2.69. The molecule has 4 aromatic rings. The fourth-order valence-electron chi connectivity index (χ4n) is 2.69. The Kier molecular flexibility index (Phi) is 3.92. The molecule has 0 radical (unpaired) electrons. The van der Waals surface area contributed by atoms with Gasteiger partial charge in [-0.05, 0) is 65.7 Å². The lowest BCUT2D eigenvalue weighted by Gasteiger charge is -2.09. The molecule has 0 saturated carbocycles. The molecule has 0 saturated heterocycles. The van der Waals surface area contributed by atoms with E-state index in [1.165, 1.54) is 11.0 Å². The number of hydrogen-bond acceptors (Lipinski definition) is 6. The highest BCUT2D eigenvalue weighted by atomic mass is 16.3. The number of oxazole rings is 1. The van der Waals surface area contributed by atoms with E-state index >= 15 is 0 Å². The molecule has 0 aliphatic carbocycles. The molecule has 0 atom stereocenters. The van der Waals surface area contributed by atoms with Gasteiger partial charge in [0.15, 0.2) is 5.58 Å². The fraction of sp³-hybridized carbons (Fsp3) is 0.167. The highest BCUT2D eigenvalue weighted by Gasteiger charge is 2.11. The number of nitrogens with zero attached hydrogens (tertiary/aromatic N) is 5. The summed E-state index contributed by atoms with van der Waals surface area (Å²) in [5, 5.41) is 13.5. The third-order valence-corrected chi connectivity index (χ3v) is 3.99. The largest absolute Gasteiger partial charge is 0.436 e. The van der Waals surface area contributed by atoms with E-state index in [1.807, 2.05) is 50.2 Å². The summed E-state index contributed by atoms with van der Waals surface area (Å²) in [5.74, 6) is 0.353. The monoisotopic (exact) mass is 348 g/mol. The zero-order chi connectivity index (χ0) is 18.1. The Morgan fingerprint density at radius 2 is 2.08 bits per heavy atom. The Balaban J connectivity index is 1.55. The smallest absolute Gasteiger partial charge is 0.246 e. The predicted molar refractivity (Wildman–Crippen MR) is 95.4 cm³/mol. The van der Waals surface area contributed by atoms with Crippen LogP contribution in [0.25, 0.3) is 22.6 Å². The van der Waals surface area contributed by atoms with E-state index in [-0.39, 0.29) is 12.5 Å². The SMILES string of the molecule is Cc1ccc2oc(-c3ccc(NC(=O)Cn4cnnn4)c(C)c3)nc2c1. The van der Waals surface area contributed by atoms with Gasteiger partial charge in [-0.15, -0.1) is 5.10 Å². The molecule has 1 N–H and O–H groups in total. The van der Waals surface area contributed by atoms with Crippen molar-refractivity contribution < 1.29 is 9.21 Å². The predicted octanol–water partition coefficient (Wildman–Crippen LogP) is 2.74. The van der Waals surface area contributed by atoms with Crippen LogP contribution in [-0.4, -0.2) is 31.1 Å². The van der Waals surface area contributed by atoms with Crippen molar-refractivity contribution in [1.82, 2.24) is 25.2 Å². The number of benzene rings is 2. The molecule has 0 unspecified atom stereocenters. The summed E-state index contributed by atoms with van der Waals surface area (Å²) in [7, 11) is 0. The molecule has 8 heteroatoms. The van der Waals surface area contributed by atoms with E-state index in [0.29, 0.717) is 5.89 Å². The highest BCUT2D eigenvalue weighted by molar-refractivity contribution is 5.91. The molecule has 0 fully saturated rings. The molecule has 8 nitrogen and oxygen atoms in total. The average molecular weight is 348 g/mol. The maximum atomic E-state index is 12.1. The van der Waals surface area contributed by atoms with Crippen molar-refractivity contribution in [3.63, 3.8) is 0 Å². The van der Waals surface area contributed by atoms with Crippen LogP contribution < -0.4 is 5.32 Å². The number of tetrazole rings is 1. The van der Waals surface area contributed by atoms with E-state index in [4.69, 9.17) is 4.42 Å². The number of carbonyl (C=O) groups excluding carboxylic acids is 1. The van der Waals surface area contributed by atoms with E-state index in [0.717, 1.165) is 33.5 Å². The van der Waals surface area contributed by atoms with Crippen LogP contribution in [0.1, 0.15) is 11.1 Å². The summed E-state index contributed by atoms with van der Waals surface area (Å²) in [4.78, 5) is 16.6. The highest BCUT2D eigenvalue weighted by Crippen LogP contribution is 2.27. The van der Waals surface area contributed by atoms with Crippen molar-refractivity contribution in [3.8, 4) is 11.5 Å². The third-order valence-electron chi connectivity index (χ3n) is 3.99. The van der Waals surface area contributed by atoms with E-state index < -0.39 is 0 Å². The Labute approximate surface area is 148 Å². The van der Waals surface area contributed by atoms with E-state index in [9.17, 15) is 4.79 Å². The van der Waals surface area contributed by atoms with Gasteiger partial charge >= 0.3 is 0 Å². The molecule has 0 aliphatic heterocycles. The summed E-state index contributed by atoms with van der Waals surface area (Å²) in [6, 6.07) is 11.5. The molecule has 1 amide bonds. The van der Waals surface area contributed by atoms with Crippen LogP contribution in [0.15, 0.2) is 47.1 Å². The molecule has 2 aromatic carbocycles. The minimum atomic E-state index is -0.203. The van der Waals surface area contributed by atoms with Crippen LogP contribution in [0.5, 0.6) is 0 Å². The van der Waals surface area contributed by atoms with Gasteiger partial charge in [0.1, 0.15) is 18.4 Å². The van der Waals surface area contributed by atoms with Gasteiger partial charge in [0, 0.05) is 11.3 Å². The Bertz CT molecular complexity index is 1080. The van der Waals surface area contributed by atoms with Gasteiger partial charge in [-0.1, -0.05) is 6.07 Å². The number of aryl methyl sites for hydroxylation is 2. The second-order valence-electron chi connectivity index (χ2n) is 6.08. The lowest BCUT2D eigenvalue weighted by molar-refractivity contribution is -0.116. The quantitative estimate of drug-likeness (QED) is 0.609. The Morgan fingerprint density at radius 1 is 1.19 bits per heavy atom. The first kappa shape index (κ1) is 15.9. The second-order valence-corrected chi connectivity index (χ2v) is 6.08. The molecule has 0 spiro atoms. The molecular formula is C18H16N6O2. The number of anilines is 1. The van der Waals surface area contributed by atoms with Gasteiger partial charge in [0.25, 0.3) is 0 Å². The lowest BCUT2D eigenvalue weighted by atomic mass is 10.1. The van der Waals surface area contributed by atoms with Gasteiger partial charge in [0.2, 0.25) is 11.8 Å². The summed E-state index contributed by atoms with van der Waals surface area (Å²) < 4.78 is 7.19. The molecule has 2 aromatic heterocycles. The van der Waals surface area contributed by atoms with Gasteiger partial charge in [-0.3, -0.25) is 4.79 Å². The topological polar surface area (TPSA) is 98.7 Å². The van der Waals surface area contributed by atoms with Crippen LogP contribution >= 0.6 is 0 Å². The number of rotatable bonds is 4. The van der Waals surface area contributed by atoms with Crippen molar-refractivity contribution in [2.24, 2.45) is 0 Å². The van der Waals surface area contributed by atoms with Gasteiger partial charge < -0.3 is 9.73 Å². The summed E-state index contributed by atoms with van der Waals surface area (Å²) in [5.41, 5.74) is 5.20. The average Bonchev–Trinajstić information content (AvgIpc) is 3.25. The maximum Gasteiger partial charge on any atom is 0.246 e. The van der Waals surface area contributed by atoms with Crippen molar-refractivity contribution in [2.75, 3.05) is 5.32 Å². The number of fused-ring (bicyclic) bond motifs is 1. The molecule has 2 heterocycles. The molecule has 0 bridgehead atoms. The summed E-state index contributed by atoms with van der Waals surface area (Å²) in [6.07, 6.45) is 1.39. The molecule has 130 valence electrons. The van der Waals surface area contributed by atoms with Gasteiger partial charge in [-0.2, -0.15) is 0 Å². The first-order valence-corrected chi connectivity index (χ1v) is 8.07. The Hall–Kier alpha value is -3.55. The first-order valence-electron chi connectivity index (χ1n) is 8.07. The number of carbonyl (C=O) groups is 1. The number of amides is 1. The molecular weight excluding hydrogens is 332 g/mol. The summed E-state index contributed by atoms with van der Waals surface area (Å²) in [6.45, 7) is 3.99. The van der Waals surface area contributed by atoms with Crippen LogP contribution in [0.3, 0.4) is 0 Å². The third kappa shape index (κ3) is 3.16. The number of nitrogens with one attached hydrogen (secondary N) is 1. The zero-order valence-corrected chi connectivity index (χ0v) is 14.3. The molecule has 0 aliphatic rings. The number of hydrogen-bond donors (Lipinski definition) is 1. The van der Waals surface area contributed by atoms with E-state index in [2.05, 4.69) is 25.8 Å². The molecule has 26 heavy (non-hydrogen) atoms. The second kappa shape index (κ2) is 6.40. The van der Waals surface area contributed by atoms with Gasteiger partial charge in [0.05, 0.1) is 0 Å². The van der Waals surface area contributed by atoms with Crippen LogP contribution in [0.2, 0.25) is 0 Å². The zero-order valence-electron chi connectivity index (χ0n) is 14.3. The number of aromatic nitrogens is 5. The van der Waals surface area contributed by atoms with Crippen molar-refractivity contribution >= 4 is 22.7 Å². The maximum absolute atomic E-state index is 12.1. The van der Waals surface area contributed by atoms with Crippen LogP contribution in [0, 0.1) is 13.8 Å². The first-order chi connectivity index (χ1) is 12.6. The summed E-state index contributed by atoms with van der Waals surface area (Å²) >= 11 is 0. The lowest BCUT2D eigenvalue weighted by Crippen LogP contribution is -2.19. The van der Waals surface area contributed by atoms with Crippen LogP contribution in [-0.2, 0) is 11.3 Å². The van der Waals surface area contributed by atoms with Crippen molar-refractivity contribution in [1.29, 1.82) is 0 Å².